The molecule has 0 aliphatic heterocycles. The fourth-order valence-corrected chi connectivity index (χ4v) is 2.45. The van der Waals surface area contributed by atoms with Crippen LogP contribution in [0.2, 0.25) is 0 Å². The lowest BCUT2D eigenvalue weighted by Gasteiger charge is -2.05. The van der Waals surface area contributed by atoms with Gasteiger partial charge in [-0.15, -0.1) is 0 Å². The van der Waals surface area contributed by atoms with Crippen molar-refractivity contribution in [2.75, 3.05) is 32.6 Å². The van der Waals surface area contributed by atoms with E-state index in [0.29, 0.717) is 0 Å². The quantitative estimate of drug-likeness (QED) is 0.684. The molecule has 0 heterocycles. The standard InChI is InChI=1S/C14H23NOS/c1-13-5-3-6-14(11-13)12-17-10-8-15-7-4-9-16-2/h3,5-6,11,15H,4,7-10,12H2,1-2H3. The highest BCUT2D eigenvalue weighted by atomic mass is 32.2. The summed E-state index contributed by atoms with van der Waals surface area (Å²) in [5, 5.41) is 3.42. The molecule has 0 bridgehead atoms. The number of thioether (sulfide) groups is 1. The van der Waals surface area contributed by atoms with Crippen molar-refractivity contribution in [3.8, 4) is 0 Å². The van der Waals surface area contributed by atoms with E-state index in [-0.39, 0.29) is 0 Å². The Morgan fingerprint density at radius 2 is 2.18 bits per heavy atom. The number of rotatable bonds is 9. The van der Waals surface area contributed by atoms with E-state index >= 15 is 0 Å². The maximum Gasteiger partial charge on any atom is 0.0474 e. The van der Waals surface area contributed by atoms with E-state index in [1.165, 1.54) is 16.9 Å². The molecule has 0 saturated carbocycles. The largest absolute Gasteiger partial charge is 0.385 e. The second-order valence-corrected chi connectivity index (χ2v) is 5.24. The number of aryl methyl sites for hydroxylation is 1. The molecule has 0 aliphatic carbocycles. The van der Waals surface area contributed by atoms with Gasteiger partial charge in [0.05, 0.1) is 0 Å². The van der Waals surface area contributed by atoms with Gasteiger partial charge >= 0.3 is 0 Å². The fraction of sp³-hybridized carbons (Fsp3) is 0.571. The summed E-state index contributed by atoms with van der Waals surface area (Å²) in [4.78, 5) is 0. The van der Waals surface area contributed by atoms with Crippen molar-refractivity contribution in [2.45, 2.75) is 19.1 Å². The summed E-state index contributed by atoms with van der Waals surface area (Å²) in [7, 11) is 1.75. The third kappa shape index (κ3) is 7.42. The average molecular weight is 253 g/mol. The Morgan fingerprint density at radius 1 is 1.29 bits per heavy atom. The van der Waals surface area contributed by atoms with Gasteiger partial charge in [-0.25, -0.2) is 0 Å². The maximum absolute atomic E-state index is 4.99. The Balaban J connectivity index is 1.97. The number of nitrogens with one attached hydrogen (secondary N) is 1. The molecule has 0 radical (unpaired) electrons. The molecule has 0 spiro atoms. The molecular weight excluding hydrogens is 230 g/mol. The van der Waals surface area contributed by atoms with E-state index in [2.05, 4.69) is 36.5 Å². The molecule has 0 fully saturated rings. The third-order valence-electron chi connectivity index (χ3n) is 2.48. The second kappa shape index (κ2) is 9.51. The van der Waals surface area contributed by atoms with E-state index in [4.69, 9.17) is 4.74 Å². The van der Waals surface area contributed by atoms with Gasteiger partial charge in [-0.3, -0.25) is 0 Å². The zero-order chi connectivity index (χ0) is 12.3. The van der Waals surface area contributed by atoms with Gasteiger partial charge < -0.3 is 10.1 Å². The molecule has 2 nitrogen and oxygen atoms in total. The number of hydrogen-bond donors (Lipinski definition) is 1. The Kier molecular flexibility index (Phi) is 8.14. The molecule has 0 unspecified atom stereocenters. The Hall–Kier alpha value is -0.510. The zero-order valence-corrected chi connectivity index (χ0v) is 11.7. The number of methoxy groups -OCH3 is 1. The molecule has 0 aromatic heterocycles. The van der Waals surface area contributed by atoms with Crippen LogP contribution in [0, 0.1) is 6.92 Å². The molecule has 96 valence electrons. The molecule has 0 amide bonds. The Labute approximate surface area is 109 Å². The zero-order valence-electron chi connectivity index (χ0n) is 10.9. The average Bonchev–Trinajstić information content (AvgIpc) is 2.33. The first-order chi connectivity index (χ1) is 8.33. The number of hydrogen-bond acceptors (Lipinski definition) is 3. The summed E-state index contributed by atoms with van der Waals surface area (Å²) in [6.45, 7) is 5.13. The molecule has 0 saturated heterocycles. The van der Waals surface area contributed by atoms with Gasteiger partial charge in [0.25, 0.3) is 0 Å². The van der Waals surface area contributed by atoms with Gasteiger partial charge in [-0.1, -0.05) is 29.8 Å². The minimum Gasteiger partial charge on any atom is -0.385 e. The molecule has 17 heavy (non-hydrogen) atoms. The summed E-state index contributed by atoms with van der Waals surface area (Å²) in [5.74, 6) is 2.28. The van der Waals surface area contributed by atoms with Crippen molar-refractivity contribution < 1.29 is 4.74 Å². The summed E-state index contributed by atoms with van der Waals surface area (Å²) in [6, 6.07) is 8.74. The minimum absolute atomic E-state index is 0.851. The van der Waals surface area contributed by atoms with Gasteiger partial charge in [0.1, 0.15) is 0 Å². The van der Waals surface area contributed by atoms with Gasteiger partial charge in [0, 0.05) is 31.8 Å². The van der Waals surface area contributed by atoms with Crippen LogP contribution < -0.4 is 5.32 Å². The minimum atomic E-state index is 0.851. The van der Waals surface area contributed by atoms with Crippen molar-refractivity contribution in [3.05, 3.63) is 35.4 Å². The van der Waals surface area contributed by atoms with E-state index < -0.39 is 0 Å². The molecule has 0 atom stereocenters. The third-order valence-corrected chi connectivity index (χ3v) is 3.51. The van der Waals surface area contributed by atoms with E-state index in [1.54, 1.807) is 7.11 Å². The number of ether oxygens (including phenoxy) is 1. The first-order valence-corrected chi connectivity index (χ1v) is 7.31. The summed E-state index contributed by atoms with van der Waals surface area (Å²) in [5.41, 5.74) is 2.77. The predicted molar refractivity (Wildman–Crippen MR) is 76.7 cm³/mol. The van der Waals surface area contributed by atoms with E-state index in [0.717, 1.165) is 31.9 Å². The Bertz CT molecular complexity index is 304. The highest BCUT2D eigenvalue weighted by Crippen LogP contribution is 2.12. The van der Waals surface area contributed by atoms with Gasteiger partial charge in [-0.05, 0) is 25.5 Å². The van der Waals surface area contributed by atoms with Gasteiger partial charge in [0.2, 0.25) is 0 Å². The molecule has 3 heteroatoms. The lowest BCUT2D eigenvalue weighted by Crippen LogP contribution is -2.19. The molecule has 1 N–H and O–H groups in total. The van der Waals surface area contributed by atoms with Crippen LogP contribution in [0.4, 0.5) is 0 Å². The maximum atomic E-state index is 4.99. The topological polar surface area (TPSA) is 21.3 Å². The SMILES string of the molecule is COCCCNCCSCc1cccc(C)c1. The highest BCUT2D eigenvalue weighted by molar-refractivity contribution is 7.98. The van der Waals surface area contributed by atoms with E-state index in [9.17, 15) is 0 Å². The summed E-state index contributed by atoms with van der Waals surface area (Å²) in [6.07, 6.45) is 1.10. The van der Waals surface area contributed by atoms with Crippen LogP contribution in [0.15, 0.2) is 24.3 Å². The predicted octanol–water partition coefficient (Wildman–Crippen LogP) is 2.85. The lowest BCUT2D eigenvalue weighted by molar-refractivity contribution is 0.194. The lowest BCUT2D eigenvalue weighted by atomic mass is 10.2. The van der Waals surface area contributed by atoms with E-state index in [1.807, 2.05) is 11.8 Å². The van der Waals surface area contributed by atoms with Gasteiger partial charge in [-0.2, -0.15) is 11.8 Å². The van der Waals surface area contributed by atoms with Crippen molar-refractivity contribution in [2.24, 2.45) is 0 Å². The normalized spacial score (nSPS) is 10.7. The summed E-state index contributed by atoms with van der Waals surface area (Å²) >= 11 is 1.99. The van der Waals surface area contributed by atoms with Gasteiger partial charge in [0.15, 0.2) is 0 Å². The van der Waals surface area contributed by atoms with Crippen molar-refractivity contribution in [3.63, 3.8) is 0 Å². The van der Waals surface area contributed by atoms with Crippen LogP contribution in [-0.4, -0.2) is 32.6 Å². The first kappa shape index (κ1) is 14.6. The van der Waals surface area contributed by atoms with Crippen molar-refractivity contribution in [1.29, 1.82) is 0 Å². The van der Waals surface area contributed by atoms with Crippen LogP contribution in [0.5, 0.6) is 0 Å². The van der Waals surface area contributed by atoms with Crippen LogP contribution in [0.25, 0.3) is 0 Å². The highest BCUT2D eigenvalue weighted by Gasteiger charge is 1.94. The molecule has 1 aromatic rings. The summed E-state index contributed by atoms with van der Waals surface area (Å²) < 4.78 is 4.99. The van der Waals surface area contributed by atoms with Crippen LogP contribution >= 0.6 is 11.8 Å². The Morgan fingerprint density at radius 3 is 2.94 bits per heavy atom. The fourth-order valence-electron chi connectivity index (χ4n) is 1.60. The molecular formula is C14H23NOS. The monoisotopic (exact) mass is 253 g/mol. The molecule has 1 aromatic carbocycles. The smallest absolute Gasteiger partial charge is 0.0474 e. The molecule has 1 rings (SSSR count). The van der Waals surface area contributed by atoms with Crippen LogP contribution in [0.1, 0.15) is 17.5 Å². The molecule has 0 aliphatic rings. The second-order valence-electron chi connectivity index (χ2n) is 4.14. The van der Waals surface area contributed by atoms with Crippen molar-refractivity contribution >= 4 is 11.8 Å². The van der Waals surface area contributed by atoms with Crippen molar-refractivity contribution in [1.82, 2.24) is 5.32 Å². The van der Waals surface area contributed by atoms with Crippen LogP contribution in [-0.2, 0) is 10.5 Å². The first-order valence-electron chi connectivity index (χ1n) is 6.16. The number of benzene rings is 1. The van der Waals surface area contributed by atoms with Crippen LogP contribution in [0.3, 0.4) is 0 Å².